The van der Waals surface area contributed by atoms with Crippen LogP contribution in [0.5, 0.6) is 0 Å². The second kappa shape index (κ2) is 6.25. The highest BCUT2D eigenvalue weighted by Gasteiger charge is 2.12. The van der Waals surface area contributed by atoms with Gasteiger partial charge in [0.1, 0.15) is 0 Å². The van der Waals surface area contributed by atoms with E-state index < -0.39 is 17.7 Å². The zero-order chi connectivity index (χ0) is 14.5. The van der Waals surface area contributed by atoms with Gasteiger partial charge >= 0.3 is 0 Å². The van der Waals surface area contributed by atoms with Crippen LogP contribution in [-0.2, 0) is 0 Å². The normalized spacial score (nSPS) is 11.9. The van der Waals surface area contributed by atoms with Crippen molar-refractivity contribution < 1.29 is 18.7 Å². The monoisotopic (exact) mass is 277 g/mol. The number of carbonyl (C=O) groups excluding carboxylic acids is 1. The van der Waals surface area contributed by atoms with Gasteiger partial charge in [-0.05, 0) is 29.8 Å². The number of hydrogen-bond donors (Lipinski definition) is 2. The number of aliphatic hydroxyl groups excluding tert-OH is 1. The summed E-state index contributed by atoms with van der Waals surface area (Å²) in [6.07, 6.45) is -1.10. The number of amides is 1. The lowest BCUT2D eigenvalue weighted by Gasteiger charge is -2.12. The average Bonchev–Trinajstić information content (AvgIpc) is 2.48. The van der Waals surface area contributed by atoms with Crippen molar-refractivity contribution in [1.82, 2.24) is 5.32 Å². The fourth-order valence-corrected chi connectivity index (χ4v) is 1.72. The lowest BCUT2D eigenvalue weighted by molar-refractivity contribution is 0.0916. The largest absolute Gasteiger partial charge is 0.387 e. The minimum absolute atomic E-state index is 0.0845. The summed E-state index contributed by atoms with van der Waals surface area (Å²) in [5, 5.41) is 12.4. The first-order chi connectivity index (χ1) is 9.58. The molecule has 2 rings (SSSR count). The van der Waals surface area contributed by atoms with Crippen molar-refractivity contribution in [3.63, 3.8) is 0 Å². The summed E-state index contributed by atoms with van der Waals surface area (Å²) in [5.74, 6) is -2.35. The fraction of sp³-hybridized carbons (Fsp3) is 0.133. The highest BCUT2D eigenvalue weighted by Crippen LogP contribution is 2.15. The van der Waals surface area contributed by atoms with Crippen LogP contribution in [0.4, 0.5) is 8.78 Å². The smallest absolute Gasteiger partial charge is 0.251 e. The second-order valence-corrected chi connectivity index (χ2v) is 4.27. The maximum absolute atomic E-state index is 13.0. The molecule has 2 N–H and O–H groups in total. The van der Waals surface area contributed by atoms with E-state index in [1.807, 2.05) is 0 Å². The van der Waals surface area contributed by atoms with Gasteiger partial charge in [0, 0.05) is 12.1 Å². The standard InChI is InChI=1S/C15H13F2NO2/c16-12-7-6-11(8-13(12)17)14(19)9-18-15(20)10-4-2-1-3-5-10/h1-8,14,19H,9H2,(H,18,20)/t14-/m1/s1. The molecule has 0 heterocycles. The van der Waals surface area contributed by atoms with Crippen LogP contribution in [0.1, 0.15) is 22.0 Å². The highest BCUT2D eigenvalue weighted by molar-refractivity contribution is 5.94. The molecule has 0 saturated carbocycles. The van der Waals surface area contributed by atoms with Crippen molar-refractivity contribution >= 4 is 5.91 Å². The Morgan fingerprint density at radius 3 is 2.45 bits per heavy atom. The van der Waals surface area contributed by atoms with E-state index in [-0.39, 0.29) is 18.0 Å². The van der Waals surface area contributed by atoms with Crippen LogP contribution in [0.15, 0.2) is 48.5 Å². The van der Waals surface area contributed by atoms with Gasteiger partial charge < -0.3 is 10.4 Å². The Kier molecular flexibility index (Phi) is 4.42. The lowest BCUT2D eigenvalue weighted by atomic mass is 10.1. The Balaban J connectivity index is 1.96. The number of halogens is 2. The molecule has 0 spiro atoms. The van der Waals surface area contributed by atoms with Gasteiger partial charge in [-0.3, -0.25) is 4.79 Å². The predicted molar refractivity (Wildman–Crippen MR) is 70.1 cm³/mol. The van der Waals surface area contributed by atoms with Gasteiger partial charge in [-0.1, -0.05) is 24.3 Å². The molecule has 0 bridgehead atoms. The van der Waals surface area contributed by atoms with Gasteiger partial charge in [0.05, 0.1) is 6.10 Å². The van der Waals surface area contributed by atoms with E-state index in [4.69, 9.17) is 0 Å². The van der Waals surface area contributed by atoms with E-state index in [1.165, 1.54) is 6.07 Å². The molecule has 5 heteroatoms. The van der Waals surface area contributed by atoms with Crippen molar-refractivity contribution in [3.8, 4) is 0 Å². The number of rotatable bonds is 4. The van der Waals surface area contributed by atoms with Gasteiger partial charge in [-0.15, -0.1) is 0 Å². The molecule has 1 amide bonds. The van der Waals surface area contributed by atoms with Crippen LogP contribution < -0.4 is 5.32 Å². The molecule has 0 saturated heterocycles. The molecule has 0 aliphatic heterocycles. The number of benzene rings is 2. The average molecular weight is 277 g/mol. The van der Waals surface area contributed by atoms with Crippen LogP contribution in [0.25, 0.3) is 0 Å². The molecule has 0 aliphatic rings. The summed E-state index contributed by atoms with van der Waals surface area (Å²) in [4.78, 5) is 11.7. The number of hydrogen-bond acceptors (Lipinski definition) is 2. The Bertz CT molecular complexity index is 602. The van der Waals surface area contributed by atoms with E-state index >= 15 is 0 Å². The molecule has 0 aromatic heterocycles. The van der Waals surface area contributed by atoms with Crippen LogP contribution in [0, 0.1) is 11.6 Å². The van der Waals surface area contributed by atoms with Gasteiger partial charge in [-0.25, -0.2) is 8.78 Å². The summed E-state index contributed by atoms with van der Waals surface area (Å²) < 4.78 is 25.8. The third-order valence-electron chi connectivity index (χ3n) is 2.82. The first-order valence-electron chi connectivity index (χ1n) is 6.04. The summed E-state index contributed by atoms with van der Waals surface area (Å²) in [5.41, 5.74) is 0.669. The molecule has 1 atom stereocenters. The number of nitrogens with one attached hydrogen (secondary N) is 1. The van der Waals surface area contributed by atoms with Crippen molar-refractivity contribution in [2.24, 2.45) is 0 Å². The second-order valence-electron chi connectivity index (χ2n) is 4.27. The molecule has 20 heavy (non-hydrogen) atoms. The summed E-state index contributed by atoms with van der Waals surface area (Å²) in [6, 6.07) is 11.6. The molecule has 104 valence electrons. The zero-order valence-corrected chi connectivity index (χ0v) is 10.5. The Labute approximate surface area is 114 Å². The first-order valence-corrected chi connectivity index (χ1v) is 6.04. The Morgan fingerprint density at radius 1 is 1.10 bits per heavy atom. The lowest BCUT2D eigenvalue weighted by Crippen LogP contribution is -2.28. The van der Waals surface area contributed by atoms with Gasteiger partial charge in [0.2, 0.25) is 0 Å². The molecule has 2 aromatic rings. The van der Waals surface area contributed by atoms with Crippen molar-refractivity contribution in [1.29, 1.82) is 0 Å². The van der Waals surface area contributed by atoms with E-state index in [0.29, 0.717) is 5.56 Å². The van der Waals surface area contributed by atoms with E-state index in [9.17, 15) is 18.7 Å². The molecular formula is C15H13F2NO2. The SMILES string of the molecule is O=C(NC[C@@H](O)c1ccc(F)c(F)c1)c1ccccc1. The third kappa shape index (κ3) is 3.39. The first kappa shape index (κ1) is 14.1. The minimum atomic E-state index is -1.10. The predicted octanol–water partition coefficient (Wildman–Crippen LogP) is 2.43. The Hall–Kier alpha value is -2.27. The topological polar surface area (TPSA) is 49.3 Å². The highest BCUT2D eigenvalue weighted by atomic mass is 19.2. The summed E-state index contributed by atoms with van der Waals surface area (Å²) in [7, 11) is 0. The molecule has 0 radical (unpaired) electrons. The van der Waals surface area contributed by atoms with E-state index in [0.717, 1.165) is 12.1 Å². The fourth-order valence-electron chi connectivity index (χ4n) is 1.72. The van der Waals surface area contributed by atoms with Gasteiger partial charge in [0.25, 0.3) is 5.91 Å². The number of aliphatic hydroxyl groups is 1. The van der Waals surface area contributed by atoms with Crippen molar-refractivity contribution in [3.05, 3.63) is 71.3 Å². The molecule has 0 unspecified atom stereocenters. The quantitative estimate of drug-likeness (QED) is 0.901. The minimum Gasteiger partial charge on any atom is -0.387 e. The van der Waals surface area contributed by atoms with Crippen LogP contribution in [0.2, 0.25) is 0 Å². The van der Waals surface area contributed by atoms with Crippen molar-refractivity contribution in [2.75, 3.05) is 6.54 Å². The maximum atomic E-state index is 13.0. The van der Waals surface area contributed by atoms with Crippen molar-refractivity contribution in [2.45, 2.75) is 6.10 Å². The summed E-state index contributed by atoms with van der Waals surface area (Å²) in [6.45, 7) is -0.0845. The third-order valence-corrected chi connectivity index (χ3v) is 2.82. The van der Waals surface area contributed by atoms with Gasteiger partial charge in [-0.2, -0.15) is 0 Å². The molecule has 2 aromatic carbocycles. The molecule has 0 aliphatic carbocycles. The van der Waals surface area contributed by atoms with E-state index in [2.05, 4.69) is 5.32 Å². The van der Waals surface area contributed by atoms with Gasteiger partial charge in [0.15, 0.2) is 11.6 Å². The van der Waals surface area contributed by atoms with Crippen LogP contribution in [-0.4, -0.2) is 17.6 Å². The molecular weight excluding hydrogens is 264 g/mol. The summed E-state index contributed by atoms with van der Waals surface area (Å²) >= 11 is 0. The zero-order valence-electron chi connectivity index (χ0n) is 10.5. The molecule has 0 fully saturated rings. The number of carbonyl (C=O) groups is 1. The Morgan fingerprint density at radius 2 is 1.80 bits per heavy atom. The van der Waals surface area contributed by atoms with Crippen LogP contribution in [0.3, 0.4) is 0 Å². The van der Waals surface area contributed by atoms with E-state index in [1.54, 1.807) is 30.3 Å². The van der Waals surface area contributed by atoms with Crippen LogP contribution >= 0.6 is 0 Å². The maximum Gasteiger partial charge on any atom is 0.251 e. The molecule has 3 nitrogen and oxygen atoms in total.